The number of para-hydroxylation sites is 1. The van der Waals surface area contributed by atoms with Crippen molar-refractivity contribution in [3.8, 4) is 28.1 Å². The van der Waals surface area contributed by atoms with Crippen molar-refractivity contribution in [2.75, 3.05) is 31.9 Å². The molecule has 3 aromatic rings. The van der Waals surface area contributed by atoms with Crippen LogP contribution in [0.4, 0.5) is 10.6 Å². The van der Waals surface area contributed by atoms with Crippen LogP contribution in [0.1, 0.15) is 72.3 Å². The van der Waals surface area contributed by atoms with Gasteiger partial charge >= 0.3 is 6.09 Å². The van der Waals surface area contributed by atoms with Crippen LogP contribution in [0.3, 0.4) is 0 Å². The van der Waals surface area contributed by atoms with Crippen LogP contribution in [-0.2, 0) is 4.74 Å². The number of carbonyl (C=O) groups excluding carboxylic acids is 1. The fourth-order valence-corrected chi connectivity index (χ4v) is 7.23. The maximum atomic E-state index is 12.5. The molecule has 1 unspecified atom stereocenters. The van der Waals surface area contributed by atoms with Crippen LogP contribution in [0.15, 0.2) is 42.7 Å². The predicted octanol–water partition coefficient (Wildman–Crippen LogP) is 5.75. The van der Waals surface area contributed by atoms with Gasteiger partial charge in [0.25, 0.3) is 0 Å². The fraction of sp³-hybridized carbons (Fsp3) is 0.576. The number of hydrogen-bond acceptors (Lipinski definition) is 8. The van der Waals surface area contributed by atoms with Crippen molar-refractivity contribution in [2.45, 2.75) is 83.9 Å². The van der Waals surface area contributed by atoms with E-state index < -0.39 is 5.60 Å². The van der Waals surface area contributed by atoms with E-state index in [9.17, 15) is 9.90 Å². The number of rotatable bonds is 5. The molecule has 2 saturated heterocycles. The number of ether oxygens (including phenoxy) is 1. The highest BCUT2D eigenvalue weighted by molar-refractivity contribution is 5.78. The third-order valence-electron chi connectivity index (χ3n) is 9.92. The first-order valence-corrected chi connectivity index (χ1v) is 15.7. The third-order valence-corrected chi connectivity index (χ3v) is 9.92. The van der Waals surface area contributed by atoms with Gasteiger partial charge in [0.2, 0.25) is 0 Å². The van der Waals surface area contributed by atoms with Gasteiger partial charge in [0, 0.05) is 42.0 Å². The zero-order chi connectivity index (χ0) is 30.4. The molecule has 10 heteroatoms. The van der Waals surface area contributed by atoms with Gasteiger partial charge in [0.1, 0.15) is 11.4 Å². The lowest BCUT2D eigenvalue weighted by Gasteiger charge is -2.56. The van der Waals surface area contributed by atoms with Crippen molar-refractivity contribution in [3.63, 3.8) is 0 Å². The minimum absolute atomic E-state index is 0.156. The summed E-state index contributed by atoms with van der Waals surface area (Å²) in [6, 6.07) is 9.90. The van der Waals surface area contributed by atoms with E-state index in [-0.39, 0.29) is 17.9 Å². The van der Waals surface area contributed by atoms with Gasteiger partial charge in [-0.15, -0.1) is 10.2 Å². The van der Waals surface area contributed by atoms with Gasteiger partial charge in [-0.25, -0.2) is 4.79 Å². The smallest absolute Gasteiger partial charge is 0.410 e. The third kappa shape index (κ3) is 6.20. The molecule has 0 radical (unpaired) electrons. The molecule has 0 bridgehead atoms. The number of piperidine rings is 2. The first-order valence-electron chi connectivity index (χ1n) is 15.7. The number of anilines is 1. The Morgan fingerprint density at radius 2 is 1.77 bits per heavy atom. The van der Waals surface area contributed by atoms with Crippen LogP contribution in [0, 0.1) is 11.3 Å². The van der Waals surface area contributed by atoms with Crippen molar-refractivity contribution in [2.24, 2.45) is 11.3 Å². The molecule has 1 saturated carbocycles. The summed E-state index contributed by atoms with van der Waals surface area (Å²) in [5.74, 6) is 1.05. The second-order valence-electron chi connectivity index (χ2n) is 13.9. The van der Waals surface area contributed by atoms with E-state index in [0.717, 1.165) is 63.0 Å². The minimum atomic E-state index is -0.444. The highest BCUT2D eigenvalue weighted by Crippen LogP contribution is 2.51. The number of likely N-dealkylation sites (tertiary alicyclic amines) is 2. The van der Waals surface area contributed by atoms with Gasteiger partial charge in [-0.3, -0.25) is 4.68 Å². The summed E-state index contributed by atoms with van der Waals surface area (Å²) in [6.07, 6.45) is 10.7. The molecule has 1 amide bonds. The minimum Gasteiger partial charge on any atom is -0.507 e. The summed E-state index contributed by atoms with van der Waals surface area (Å²) in [6.45, 7) is 11.9. The van der Waals surface area contributed by atoms with E-state index in [4.69, 9.17) is 15.6 Å². The number of amides is 1. The second-order valence-corrected chi connectivity index (χ2v) is 13.9. The Morgan fingerprint density at radius 3 is 2.44 bits per heavy atom. The number of nitrogens with two attached hydrogens (primary N) is 1. The van der Waals surface area contributed by atoms with Crippen LogP contribution >= 0.6 is 0 Å². The van der Waals surface area contributed by atoms with Gasteiger partial charge in [0.05, 0.1) is 17.9 Å². The van der Waals surface area contributed by atoms with Crippen molar-refractivity contribution in [1.82, 2.24) is 29.8 Å². The Hall–Kier alpha value is -3.66. The van der Waals surface area contributed by atoms with E-state index in [1.54, 1.807) is 12.1 Å². The second kappa shape index (κ2) is 11.4. The average molecular weight is 588 g/mol. The Bertz CT molecular complexity index is 1440. The molecule has 2 aromatic heterocycles. The molecule has 1 aromatic carbocycles. The largest absolute Gasteiger partial charge is 0.507 e. The lowest BCUT2D eigenvalue weighted by molar-refractivity contribution is -0.0568. The molecule has 1 spiro atoms. The number of carbonyl (C=O) groups is 1. The molecular formula is C33H45N7O3. The Balaban J connectivity index is 1.01. The van der Waals surface area contributed by atoms with E-state index in [0.29, 0.717) is 34.4 Å². The van der Waals surface area contributed by atoms with Crippen LogP contribution < -0.4 is 5.73 Å². The monoisotopic (exact) mass is 587 g/mol. The molecule has 3 fully saturated rings. The summed E-state index contributed by atoms with van der Waals surface area (Å²) >= 11 is 0. The number of phenolic OH excluding ortho intramolecular Hbond substituents is 1. The van der Waals surface area contributed by atoms with Gasteiger partial charge in [-0.2, -0.15) is 5.10 Å². The van der Waals surface area contributed by atoms with E-state index in [1.165, 1.54) is 12.8 Å². The van der Waals surface area contributed by atoms with Crippen LogP contribution in [0.25, 0.3) is 22.4 Å². The van der Waals surface area contributed by atoms with Gasteiger partial charge < -0.3 is 25.4 Å². The van der Waals surface area contributed by atoms with Crippen molar-refractivity contribution in [1.29, 1.82) is 0 Å². The highest BCUT2D eigenvalue weighted by Gasteiger charge is 2.49. The standard InChI is InChI=1S/C33H45N7O3/c1-22(40-21-24(20-35-40)27-17-28(36-37-30(27)34)26-7-5-6-8-29(26)41)23-9-13-38(14-10-23)25-18-33(19-25)11-15-39(16-12-33)31(42)43-32(2,3)4/h5-8,17,20-23,25,41H,9-16,18-19H2,1-4H3,(H2,34,37). The Kier molecular flexibility index (Phi) is 7.83. The zero-order valence-electron chi connectivity index (χ0n) is 25.9. The fourth-order valence-electron chi connectivity index (χ4n) is 7.23. The van der Waals surface area contributed by atoms with E-state index in [1.807, 2.05) is 50.1 Å². The van der Waals surface area contributed by atoms with Crippen molar-refractivity contribution < 1.29 is 14.6 Å². The molecule has 6 rings (SSSR count). The molecule has 1 aliphatic carbocycles. The summed E-state index contributed by atoms with van der Waals surface area (Å²) in [7, 11) is 0. The summed E-state index contributed by atoms with van der Waals surface area (Å²) < 4.78 is 7.64. The lowest BCUT2D eigenvalue weighted by atomic mass is 9.59. The van der Waals surface area contributed by atoms with Crippen LogP contribution in [-0.4, -0.2) is 78.8 Å². The predicted molar refractivity (Wildman–Crippen MR) is 166 cm³/mol. The average Bonchev–Trinajstić information content (AvgIpc) is 3.46. The molecule has 230 valence electrons. The summed E-state index contributed by atoms with van der Waals surface area (Å²) in [5.41, 5.74) is 9.03. The summed E-state index contributed by atoms with van der Waals surface area (Å²) in [4.78, 5) is 17.1. The number of phenols is 1. The summed E-state index contributed by atoms with van der Waals surface area (Å²) in [5, 5.41) is 23.4. The molecule has 10 nitrogen and oxygen atoms in total. The molecule has 1 atom stereocenters. The van der Waals surface area contributed by atoms with E-state index in [2.05, 4.69) is 32.9 Å². The zero-order valence-corrected chi connectivity index (χ0v) is 25.9. The maximum Gasteiger partial charge on any atom is 0.410 e. The van der Waals surface area contributed by atoms with Crippen molar-refractivity contribution in [3.05, 3.63) is 42.7 Å². The number of nitrogen functional groups attached to an aromatic ring is 1. The number of nitrogens with zero attached hydrogens (tertiary/aromatic N) is 6. The number of aromatic nitrogens is 4. The Labute approximate surface area is 254 Å². The Morgan fingerprint density at radius 1 is 1.07 bits per heavy atom. The maximum absolute atomic E-state index is 12.5. The first-order chi connectivity index (χ1) is 20.5. The SMILES string of the molecule is CC(C1CCN(C2CC3(CCN(C(=O)OC(C)(C)C)CC3)C2)CC1)n1cc(-c2cc(-c3ccccc3O)nnc2N)cn1. The molecule has 43 heavy (non-hydrogen) atoms. The quantitative estimate of drug-likeness (QED) is 0.387. The topological polar surface area (TPSA) is 123 Å². The van der Waals surface area contributed by atoms with Crippen molar-refractivity contribution >= 4 is 11.9 Å². The molecule has 4 heterocycles. The van der Waals surface area contributed by atoms with Gasteiger partial charge in [-0.05, 0) is 109 Å². The molecule has 3 aliphatic rings. The van der Waals surface area contributed by atoms with Gasteiger partial charge in [0.15, 0.2) is 5.82 Å². The number of benzene rings is 1. The first kappa shape index (κ1) is 29.4. The molecular weight excluding hydrogens is 542 g/mol. The highest BCUT2D eigenvalue weighted by atomic mass is 16.6. The molecule has 3 N–H and O–H groups in total. The van der Waals surface area contributed by atoms with Gasteiger partial charge in [-0.1, -0.05) is 12.1 Å². The van der Waals surface area contributed by atoms with E-state index >= 15 is 0 Å². The normalized spacial score (nSPS) is 20.6. The van der Waals surface area contributed by atoms with Crippen LogP contribution in [0.2, 0.25) is 0 Å². The lowest BCUT2D eigenvalue weighted by Crippen LogP contribution is -2.57. The number of hydrogen-bond donors (Lipinski definition) is 2. The van der Waals surface area contributed by atoms with Crippen LogP contribution in [0.5, 0.6) is 5.75 Å². The molecule has 2 aliphatic heterocycles. The number of aromatic hydroxyl groups is 1.